The maximum absolute atomic E-state index is 12.3. The van der Waals surface area contributed by atoms with Gasteiger partial charge in [-0.15, -0.1) is 0 Å². The van der Waals surface area contributed by atoms with Gasteiger partial charge in [-0.3, -0.25) is 0 Å². The quantitative estimate of drug-likeness (QED) is 0.0640. The maximum atomic E-state index is 12.3. The number of anilines is 3. The molecule has 6 N–H and O–H groups in total. The fourth-order valence-corrected chi connectivity index (χ4v) is 9.39. The van der Waals surface area contributed by atoms with E-state index < -0.39 is 33.4 Å². The van der Waals surface area contributed by atoms with Crippen LogP contribution in [0.3, 0.4) is 0 Å². The molecular formula is C45H38B3NO6. The smallest absolute Gasteiger partial charge is 0.182 e. The molecule has 6 radical (unpaired) electrons. The van der Waals surface area contributed by atoms with E-state index in [9.17, 15) is 30.6 Å². The summed E-state index contributed by atoms with van der Waals surface area (Å²) in [7, 11) is 19.3. The number of benzene rings is 5. The molecule has 0 aliphatic heterocycles. The first-order valence-corrected chi connectivity index (χ1v) is 17.9. The minimum absolute atomic E-state index is 0.0104. The van der Waals surface area contributed by atoms with Gasteiger partial charge in [-0.05, 0) is 91.4 Å². The SMILES string of the molecule is [B]/C(O)=C\C=C1/C(=C)c2c(N(c3cc(O)c4c(c3)C(C)(C)c3ccccc3-4)c3c([B])c(O)cc4c3-c3cc(O)ccc3C4(C)C)c(O)c(O)c([B])c2C1(C)C. The molecule has 0 aromatic heterocycles. The number of allylic oxidation sites excluding steroid dienone is 4. The molecule has 3 aliphatic carbocycles. The fourth-order valence-electron chi connectivity index (χ4n) is 9.39. The van der Waals surface area contributed by atoms with Crippen LogP contribution >= 0.6 is 0 Å². The molecule has 55 heavy (non-hydrogen) atoms. The lowest BCUT2D eigenvalue weighted by Gasteiger charge is -2.35. The zero-order valence-electron chi connectivity index (χ0n) is 31.5. The van der Waals surface area contributed by atoms with Crippen LogP contribution in [0.5, 0.6) is 28.7 Å². The van der Waals surface area contributed by atoms with Gasteiger partial charge in [0.05, 0.1) is 11.4 Å². The Labute approximate surface area is 324 Å². The fraction of sp³-hybridized carbons (Fsp3) is 0.200. The number of fused-ring (bicyclic) bond motifs is 7. The first kappa shape index (κ1) is 36.1. The van der Waals surface area contributed by atoms with Crippen LogP contribution in [-0.2, 0) is 16.2 Å². The normalized spacial score (nSPS) is 17.5. The van der Waals surface area contributed by atoms with Gasteiger partial charge in [0, 0.05) is 44.7 Å². The van der Waals surface area contributed by atoms with E-state index in [1.165, 1.54) is 6.08 Å². The molecule has 5 aromatic rings. The van der Waals surface area contributed by atoms with Crippen molar-refractivity contribution >= 4 is 57.1 Å². The first-order chi connectivity index (χ1) is 25.7. The number of rotatable bonds is 4. The summed E-state index contributed by atoms with van der Waals surface area (Å²) >= 11 is 0. The van der Waals surface area contributed by atoms with Crippen LogP contribution in [0.25, 0.3) is 27.8 Å². The van der Waals surface area contributed by atoms with Gasteiger partial charge in [0.2, 0.25) is 0 Å². The zero-order valence-corrected chi connectivity index (χ0v) is 31.5. The van der Waals surface area contributed by atoms with E-state index in [2.05, 4.69) is 20.4 Å². The van der Waals surface area contributed by atoms with Gasteiger partial charge >= 0.3 is 0 Å². The molecular weight excluding hydrogens is 683 g/mol. The van der Waals surface area contributed by atoms with Crippen LogP contribution in [0.4, 0.5) is 17.1 Å². The highest BCUT2D eigenvalue weighted by Crippen LogP contribution is 2.62. The number of nitrogens with zero attached hydrogens (tertiary/aromatic N) is 1. The maximum Gasteiger partial charge on any atom is 0.182 e. The number of phenolic OH excluding ortho intramolecular Hbond substituents is 5. The highest BCUT2D eigenvalue weighted by molar-refractivity contribution is 6.40. The number of phenols is 5. The summed E-state index contributed by atoms with van der Waals surface area (Å²) in [5.41, 5.74) is 5.74. The van der Waals surface area contributed by atoms with E-state index >= 15 is 0 Å². The summed E-state index contributed by atoms with van der Waals surface area (Å²) in [6.07, 6.45) is 2.94. The van der Waals surface area contributed by atoms with Crippen LogP contribution in [0, 0.1) is 0 Å². The Bertz CT molecular complexity index is 2650. The summed E-state index contributed by atoms with van der Waals surface area (Å²) in [5, 5.41) is 68.5. The largest absolute Gasteiger partial charge is 0.524 e. The third kappa shape index (κ3) is 4.73. The predicted octanol–water partition coefficient (Wildman–Crippen LogP) is 7.68. The standard InChI is InChI=1S/C45H38B3NO6/c1-20-25(14-15-32(46)53)45(6,7)36-33(20)40(42(55)41(54)38(36)48)49(21-16-28-34(30(51)17-21)23-10-8-9-11-26(23)43(28,2)3)39-35-24-18-22(50)12-13-27(24)44(4,5)29(35)19-31(52)37(39)47/h8-19,50-55H,1H2,2-7H3/b25-14+,32-15+. The predicted molar refractivity (Wildman–Crippen MR) is 222 cm³/mol. The lowest BCUT2D eigenvalue weighted by Crippen LogP contribution is -2.27. The van der Waals surface area contributed by atoms with E-state index in [-0.39, 0.29) is 39.5 Å². The molecule has 0 heterocycles. The van der Waals surface area contributed by atoms with Crippen molar-refractivity contribution in [1.82, 2.24) is 0 Å². The number of hydrogen-bond donors (Lipinski definition) is 6. The molecule has 10 heteroatoms. The molecule has 0 atom stereocenters. The van der Waals surface area contributed by atoms with Crippen molar-refractivity contribution < 1.29 is 30.6 Å². The Kier molecular flexibility index (Phi) is 7.59. The molecule has 0 spiro atoms. The monoisotopic (exact) mass is 721 g/mol. The molecule has 0 fully saturated rings. The third-order valence-corrected chi connectivity index (χ3v) is 12.1. The second-order valence-corrected chi connectivity index (χ2v) is 16.3. The molecule has 0 saturated carbocycles. The molecule has 0 amide bonds. The van der Waals surface area contributed by atoms with Gasteiger partial charge in [-0.2, -0.15) is 0 Å². The van der Waals surface area contributed by atoms with Gasteiger partial charge in [0.1, 0.15) is 38.6 Å². The average molecular weight is 721 g/mol. The number of hydrogen-bond acceptors (Lipinski definition) is 7. The second-order valence-electron chi connectivity index (χ2n) is 16.3. The van der Waals surface area contributed by atoms with Crippen molar-refractivity contribution in [2.45, 2.75) is 57.8 Å². The minimum atomic E-state index is -0.940. The lowest BCUT2D eigenvalue weighted by atomic mass is 9.74. The molecule has 8 rings (SSSR count). The molecule has 0 saturated heterocycles. The Morgan fingerprint density at radius 1 is 0.655 bits per heavy atom. The number of aromatic hydroxyl groups is 5. The molecule has 5 aromatic carbocycles. The van der Waals surface area contributed by atoms with Gasteiger partial charge < -0.3 is 35.5 Å². The molecule has 268 valence electrons. The summed E-state index contributed by atoms with van der Waals surface area (Å²) in [6, 6.07) is 18.1. The number of aliphatic hydroxyl groups excluding tert-OH is 1. The van der Waals surface area contributed by atoms with E-state index in [0.717, 1.165) is 22.3 Å². The second kappa shape index (κ2) is 11.6. The lowest BCUT2D eigenvalue weighted by molar-refractivity contribution is 0.406. The Morgan fingerprint density at radius 2 is 1.29 bits per heavy atom. The number of aliphatic hydroxyl groups is 1. The van der Waals surface area contributed by atoms with E-state index in [1.54, 1.807) is 35.2 Å². The molecule has 0 unspecified atom stereocenters. The van der Waals surface area contributed by atoms with E-state index in [0.29, 0.717) is 50.2 Å². The van der Waals surface area contributed by atoms with Crippen molar-refractivity contribution in [3.8, 4) is 51.0 Å². The highest BCUT2D eigenvalue weighted by atomic mass is 16.3. The van der Waals surface area contributed by atoms with Crippen molar-refractivity contribution in [1.29, 1.82) is 0 Å². The van der Waals surface area contributed by atoms with E-state index in [1.807, 2.05) is 64.1 Å². The van der Waals surface area contributed by atoms with Gasteiger partial charge in [0.25, 0.3) is 0 Å². The topological polar surface area (TPSA) is 125 Å². The van der Waals surface area contributed by atoms with Crippen molar-refractivity contribution in [2.24, 2.45) is 0 Å². The zero-order chi connectivity index (χ0) is 39.8. The van der Waals surface area contributed by atoms with Crippen LogP contribution in [0.1, 0.15) is 74.9 Å². The van der Waals surface area contributed by atoms with Gasteiger partial charge in [-0.1, -0.05) is 84.5 Å². The summed E-state index contributed by atoms with van der Waals surface area (Å²) in [6.45, 7) is 16.3. The van der Waals surface area contributed by atoms with Gasteiger partial charge in [-0.25, -0.2) is 0 Å². The third-order valence-electron chi connectivity index (χ3n) is 12.1. The van der Waals surface area contributed by atoms with Gasteiger partial charge in [0.15, 0.2) is 19.3 Å². The Balaban J connectivity index is 1.57. The average Bonchev–Trinajstić information content (AvgIpc) is 3.57. The Hall–Kier alpha value is -5.89. The van der Waals surface area contributed by atoms with Crippen LogP contribution in [-0.4, -0.2) is 54.2 Å². The van der Waals surface area contributed by atoms with Crippen molar-refractivity contribution in [3.05, 3.63) is 124 Å². The highest BCUT2D eigenvalue weighted by Gasteiger charge is 2.46. The Morgan fingerprint density at radius 3 is 1.96 bits per heavy atom. The first-order valence-electron chi connectivity index (χ1n) is 17.9. The van der Waals surface area contributed by atoms with Crippen LogP contribution < -0.4 is 15.8 Å². The molecule has 0 bridgehead atoms. The molecule has 3 aliphatic rings. The van der Waals surface area contributed by atoms with E-state index in [4.69, 9.17) is 23.5 Å². The summed E-state index contributed by atoms with van der Waals surface area (Å²) in [4.78, 5) is 1.63. The summed E-state index contributed by atoms with van der Waals surface area (Å²) < 4.78 is 0. The van der Waals surface area contributed by atoms with Crippen molar-refractivity contribution in [2.75, 3.05) is 4.90 Å². The van der Waals surface area contributed by atoms with Crippen LogP contribution in [0.2, 0.25) is 0 Å². The van der Waals surface area contributed by atoms with Crippen LogP contribution in [0.15, 0.2) is 90.6 Å². The minimum Gasteiger partial charge on any atom is -0.524 e. The molecule has 7 nitrogen and oxygen atoms in total. The summed E-state index contributed by atoms with van der Waals surface area (Å²) in [5.74, 6) is -1.45. The van der Waals surface area contributed by atoms with Crippen molar-refractivity contribution in [3.63, 3.8) is 0 Å².